The summed E-state index contributed by atoms with van der Waals surface area (Å²) in [4.78, 5) is 17.4. The summed E-state index contributed by atoms with van der Waals surface area (Å²) in [6.45, 7) is 2.53. The number of amides is 1. The Morgan fingerprint density at radius 3 is 2.56 bits per heavy atom. The molecule has 4 nitrogen and oxygen atoms in total. The number of unbranched alkanes of at least 4 members (excludes halogenated alkanes) is 2. The van der Waals surface area contributed by atoms with Gasteiger partial charge >= 0.3 is 0 Å². The lowest BCUT2D eigenvalue weighted by atomic mass is 10.2. The summed E-state index contributed by atoms with van der Waals surface area (Å²) in [7, 11) is 0. The van der Waals surface area contributed by atoms with Crippen LogP contribution in [0.15, 0.2) is 30.3 Å². The van der Waals surface area contributed by atoms with E-state index in [0.29, 0.717) is 12.2 Å². The number of hydrogen-bond donors (Lipinski definition) is 1. The number of hydrogen-bond acceptors (Lipinski definition) is 3. The molecule has 1 aromatic rings. The summed E-state index contributed by atoms with van der Waals surface area (Å²) in [5.41, 5.74) is 6.00. The molecule has 5 heteroatoms. The fourth-order valence-electron chi connectivity index (χ4n) is 1.43. The zero-order valence-corrected chi connectivity index (χ0v) is 11.3. The van der Waals surface area contributed by atoms with E-state index in [1.165, 1.54) is 0 Å². The average molecular weight is 266 g/mol. The summed E-state index contributed by atoms with van der Waals surface area (Å²) in [6, 6.07) is 8.79. The first-order chi connectivity index (χ1) is 8.66. The second-order valence-corrected chi connectivity index (χ2v) is 4.26. The van der Waals surface area contributed by atoms with E-state index in [4.69, 9.17) is 22.8 Å². The van der Waals surface area contributed by atoms with Gasteiger partial charge in [-0.15, -0.1) is 0 Å². The molecular weight excluding hydrogens is 248 g/mol. The Kier molecular flexibility index (Phi) is 6.32. The maximum Gasteiger partial charge on any atom is 0.284 e. The third kappa shape index (κ3) is 4.43. The molecule has 0 radical (unpaired) electrons. The summed E-state index contributed by atoms with van der Waals surface area (Å²) < 4.78 is 0. The van der Waals surface area contributed by atoms with E-state index in [1.54, 1.807) is 24.3 Å². The summed E-state index contributed by atoms with van der Waals surface area (Å²) in [5.74, 6) is -0.334. The monoisotopic (exact) mass is 266 g/mol. The number of carbonyl (C=O) groups is 1. The van der Waals surface area contributed by atoms with Crippen LogP contribution in [-0.4, -0.2) is 22.7 Å². The number of carbonyl (C=O) groups excluding carboxylic acids is 1. The van der Waals surface area contributed by atoms with E-state index >= 15 is 0 Å². The molecule has 0 fully saturated rings. The molecular formula is C13H18N2O2S. The summed E-state index contributed by atoms with van der Waals surface area (Å²) >= 11 is 4.83. The van der Waals surface area contributed by atoms with Gasteiger partial charge in [-0.05, 0) is 30.8 Å². The number of nitrogens with two attached hydrogens (primary N) is 1. The van der Waals surface area contributed by atoms with Gasteiger partial charge in [0.25, 0.3) is 5.91 Å². The third-order valence-electron chi connectivity index (χ3n) is 2.37. The zero-order chi connectivity index (χ0) is 13.4. The van der Waals surface area contributed by atoms with Crippen LogP contribution in [0.3, 0.4) is 0 Å². The molecule has 0 aromatic heterocycles. The predicted octanol–water partition coefficient (Wildman–Crippen LogP) is 2.49. The number of thiocarbonyl (C=S) groups is 1. The van der Waals surface area contributed by atoms with Gasteiger partial charge in [0.15, 0.2) is 5.11 Å². The van der Waals surface area contributed by atoms with Gasteiger partial charge in [0.1, 0.15) is 0 Å². The fraction of sp³-hybridized carbons (Fsp3) is 0.385. The highest BCUT2D eigenvalue weighted by atomic mass is 32.1. The van der Waals surface area contributed by atoms with Gasteiger partial charge in [-0.2, -0.15) is 5.06 Å². The molecule has 0 aliphatic rings. The van der Waals surface area contributed by atoms with Crippen molar-refractivity contribution in [3.63, 3.8) is 0 Å². The molecule has 0 unspecified atom stereocenters. The average Bonchev–Trinajstić information content (AvgIpc) is 2.39. The molecule has 18 heavy (non-hydrogen) atoms. The summed E-state index contributed by atoms with van der Waals surface area (Å²) in [5, 5.41) is 0.917. The molecule has 2 N–H and O–H groups in total. The predicted molar refractivity (Wildman–Crippen MR) is 74.9 cm³/mol. The van der Waals surface area contributed by atoms with E-state index in [-0.39, 0.29) is 11.0 Å². The number of nitrogens with zero attached hydrogens (tertiary/aromatic N) is 1. The Labute approximate surface area is 113 Å². The van der Waals surface area contributed by atoms with Crippen LogP contribution in [0.25, 0.3) is 0 Å². The highest BCUT2D eigenvalue weighted by molar-refractivity contribution is 7.80. The highest BCUT2D eigenvalue weighted by Crippen LogP contribution is 2.06. The van der Waals surface area contributed by atoms with Crippen molar-refractivity contribution in [3.05, 3.63) is 35.9 Å². The first-order valence-electron chi connectivity index (χ1n) is 5.98. The minimum Gasteiger partial charge on any atom is -0.374 e. The topological polar surface area (TPSA) is 55.6 Å². The van der Waals surface area contributed by atoms with Crippen molar-refractivity contribution in [3.8, 4) is 0 Å². The van der Waals surface area contributed by atoms with Crippen LogP contribution >= 0.6 is 12.2 Å². The van der Waals surface area contributed by atoms with Crippen LogP contribution in [0.2, 0.25) is 0 Å². The van der Waals surface area contributed by atoms with Crippen LogP contribution in [0, 0.1) is 0 Å². The third-order valence-corrected chi connectivity index (χ3v) is 2.54. The maximum absolute atomic E-state index is 12.1. The van der Waals surface area contributed by atoms with Gasteiger partial charge < -0.3 is 5.73 Å². The summed E-state index contributed by atoms with van der Waals surface area (Å²) in [6.07, 6.45) is 3.01. The Morgan fingerprint density at radius 1 is 1.33 bits per heavy atom. The van der Waals surface area contributed by atoms with E-state index < -0.39 is 0 Å². The minimum absolute atomic E-state index is 0.0691. The molecule has 0 atom stereocenters. The number of hydroxylamine groups is 2. The molecule has 98 valence electrons. The Bertz CT molecular complexity index is 395. The molecule has 0 aliphatic heterocycles. The maximum atomic E-state index is 12.1. The highest BCUT2D eigenvalue weighted by Gasteiger charge is 2.18. The van der Waals surface area contributed by atoms with Gasteiger partial charge in [-0.25, -0.2) is 0 Å². The lowest BCUT2D eigenvalue weighted by molar-refractivity contribution is -0.0717. The van der Waals surface area contributed by atoms with Crippen molar-refractivity contribution < 1.29 is 9.63 Å². The van der Waals surface area contributed by atoms with E-state index in [1.807, 2.05) is 6.07 Å². The lowest BCUT2D eigenvalue weighted by Crippen LogP contribution is -2.40. The Morgan fingerprint density at radius 2 is 2.00 bits per heavy atom. The second-order valence-electron chi connectivity index (χ2n) is 3.84. The fourth-order valence-corrected chi connectivity index (χ4v) is 1.56. The van der Waals surface area contributed by atoms with Gasteiger partial charge in [-0.1, -0.05) is 38.0 Å². The van der Waals surface area contributed by atoms with E-state index in [0.717, 1.165) is 24.3 Å². The van der Waals surface area contributed by atoms with Gasteiger partial charge in [0.05, 0.1) is 6.61 Å². The van der Waals surface area contributed by atoms with Crippen LogP contribution in [-0.2, 0) is 4.84 Å². The van der Waals surface area contributed by atoms with Crippen molar-refractivity contribution in [2.24, 2.45) is 5.73 Å². The Balaban J connectivity index is 2.62. The van der Waals surface area contributed by atoms with Crippen LogP contribution in [0.1, 0.15) is 36.5 Å². The number of benzene rings is 1. The van der Waals surface area contributed by atoms with Gasteiger partial charge in [0, 0.05) is 5.56 Å². The van der Waals surface area contributed by atoms with Gasteiger partial charge in [0.2, 0.25) is 0 Å². The zero-order valence-electron chi connectivity index (χ0n) is 10.5. The lowest BCUT2D eigenvalue weighted by Gasteiger charge is -2.19. The molecule has 0 aliphatic carbocycles. The molecule has 0 saturated heterocycles. The molecule has 1 aromatic carbocycles. The van der Waals surface area contributed by atoms with Crippen LogP contribution < -0.4 is 5.73 Å². The van der Waals surface area contributed by atoms with E-state index in [9.17, 15) is 4.79 Å². The first-order valence-corrected chi connectivity index (χ1v) is 6.39. The molecule has 1 rings (SSSR count). The second kappa shape index (κ2) is 7.79. The van der Waals surface area contributed by atoms with Gasteiger partial charge in [-0.3, -0.25) is 9.63 Å². The van der Waals surface area contributed by atoms with Crippen molar-refractivity contribution >= 4 is 23.2 Å². The molecule has 0 bridgehead atoms. The number of rotatable bonds is 6. The standard InChI is InChI=1S/C13H18N2O2S/c1-2-3-7-10-17-15(13(14)18)12(16)11-8-5-4-6-9-11/h4-6,8-9H,2-3,7,10H2,1H3,(H2,14,18). The largest absolute Gasteiger partial charge is 0.374 e. The molecule has 0 saturated carbocycles. The normalized spacial score (nSPS) is 10.1. The molecule has 0 spiro atoms. The van der Waals surface area contributed by atoms with E-state index in [2.05, 4.69) is 6.92 Å². The SMILES string of the molecule is CCCCCON(C(=O)c1ccccc1)C(N)=S. The van der Waals surface area contributed by atoms with Crippen LogP contribution in [0.4, 0.5) is 0 Å². The Hall–Kier alpha value is -1.46. The van der Waals surface area contributed by atoms with Crippen molar-refractivity contribution in [2.75, 3.05) is 6.61 Å². The van der Waals surface area contributed by atoms with Crippen molar-refractivity contribution in [1.82, 2.24) is 5.06 Å². The molecule has 0 heterocycles. The minimum atomic E-state index is -0.334. The smallest absolute Gasteiger partial charge is 0.284 e. The first kappa shape index (κ1) is 14.6. The van der Waals surface area contributed by atoms with Crippen LogP contribution in [0.5, 0.6) is 0 Å². The van der Waals surface area contributed by atoms with Crippen molar-refractivity contribution in [1.29, 1.82) is 0 Å². The quantitative estimate of drug-likeness (QED) is 0.488. The molecule has 1 amide bonds. The van der Waals surface area contributed by atoms with Crippen molar-refractivity contribution in [2.45, 2.75) is 26.2 Å².